The molecule has 2 amide bonds. The second kappa shape index (κ2) is 13.6. The Bertz CT molecular complexity index is 1480. The molecule has 11 heteroatoms. The molecule has 1 unspecified atom stereocenters. The van der Waals surface area contributed by atoms with Crippen molar-refractivity contribution in [2.75, 3.05) is 18.6 Å². The number of alkyl carbamates (subject to hydrolysis) is 1. The van der Waals surface area contributed by atoms with Gasteiger partial charge in [-0.2, -0.15) is 0 Å². The quantitative estimate of drug-likeness (QED) is 0.272. The van der Waals surface area contributed by atoms with Crippen LogP contribution in [0.25, 0.3) is 11.1 Å². The van der Waals surface area contributed by atoms with Gasteiger partial charge in [0.2, 0.25) is 5.91 Å². The van der Waals surface area contributed by atoms with Gasteiger partial charge in [0.05, 0.1) is 18.5 Å². The molecule has 4 rings (SSSR count). The first-order valence-electron chi connectivity index (χ1n) is 13.5. The Labute approximate surface area is 245 Å². The molecule has 0 fully saturated rings. The number of nitrogens with one attached hydrogen (secondary N) is 2. The number of fused-ring (bicyclic) bond motifs is 3. The lowest BCUT2D eigenvalue weighted by Gasteiger charge is -2.26. The zero-order chi connectivity index (χ0) is 30.3. The highest BCUT2D eigenvalue weighted by Crippen LogP contribution is 2.44. The van der Waals surface area contributed by atoms with Crippen molar-refractivity contribution in [2.45, 2.75) is 44.1 Å². The molecular formula is C31H34N2O8S. The third kappa shape index (κ3) is 7.95. The maximum Gasteiger partial charge on any atom is 0.407 e. The number of aliphatic carboxylic acids is 1. The van der Waals surface area contributed by atoms with Gasteiger partial charge in [-0.15, -0.1) is 0 Å². The number of rotatable bonds is 13. The number of carbonyl (C=O) groups is 3. The maximum absolute atomic E-state index is 13.3. The second-order valence-corrected chi connectivity index (χ2v) is 12.5. The number of hydrogen-bond acceptors (Lipinski definition) is 7. The van der Waals surface area contributed by atoms with Gasteiger partial charge in [-0.3, -0.25) is 4.79 Å². The van der Waals surface area contributed by atoms with Gasteiger partial charge in [-0.1, -0.05) is 78.9 Å². The summed E-state index contributed by atoms with van der Waals surface area (Å²) in [6.45, 7) is 1.72. The van der Waals surface area contributed by atoms with Gasteiger partial charge in [0.1, 0.15) is 28.5 Å². The van der Waals surface area contributed by atoms with Crippen LogP contribution >= 0.6 is 0 Å². The lowest BCUT2D eigenvalue weighted by atomic mass is 9.98. The van der Waals surface area contributed by atoms with Crippen molar-refractivity contribution in [2.24, 2.45) is 0 Å². The summed E-state index contributed by atoms with van der Waals surface area (Å²) in [6.07, 6.45) is -1.13. The average molecular weight is 595 g/mol. The molecule has 222 valence electrons. The summed E-state index contributed by atoms with van der Waals surface area (Å²) in [4.78, 5) is 38.1. The van der Waals surface area contributed by atoms with Gasteiger partial charge in [0, 0.05) is 12.2 Å². The fraction of sp³-hybridized carbons (Fsp3) is 0.323. The predicted molar refractivity (Wildman–Crippen MR) is 157 cm³/mol. The second-order valence-electron chi connectivity index (χ2n) is 10.3. The maximum atomic E-state index is 13.3. The van der Waals surface area contributed by atoms with Crippen molar-refractivity contribution < 1.29 is 37.4 Å². The first-order valence-corrected chi connectivity index (χ1v) is 15.6. The highest BCUT2D eigenvalue weighted by molar-refractivity contribution is 7.90. The molecular weight excluding hydrogens is 560 g/mol. The van der Waals surface area contributed by atoms with E-state index in [1.54, 1.807) is 6.92 Å². The van der Waals surface area contributed by atoms with Crippen molar-refractivity contribution in [3.63, 3.8) is 0 Å². The molecule has 3 N–H and O–H groups in total. The lowest BCUT2D eigenvalue weighted by molar-refractivity contribution is -0.142. The average Bonchev–Trinajstić information content (AvgIpc) is 3.29. The Kier molecular flexibility index (Phi) is 9.97. The number of carboxylic acids is 1. The van der Waals surface area contributed by atoms with Crippen LogP contribution in [0, 0.1) is 0 Å². The Balaban J connectivity index is 1.46. The topological polar surface area (TPSA) is 148 Å². The Morgan fingerprint density at radius 1 is 0.881 bits per heavy atom. The van der Waals surface area contributed by atoms with Crippen LogP contribution in [0.15, 0.2) is 78.9 Å². The molecule has 0 bridgehead atoms. The van der Waals surface area contributed by atoms with Crippen LogP contribution < -0.4 is 10.6 Å². The standard InChI is InChI=1S/C31H34N2O8S/c1-20(40-18-21-10-4-3-5-11-21)28(29(34)32-27(30(35)36)16-17-42(2,38)39)33-31(37)41-19-26-24-14-8-6-12-22(24)23-13-7-9-15-25(23)26/h3-15,20,26-28H,16-19H2,1-2H3,(H,32,34)(H,33,37)(H,35,36)/t20-,27?,28+/m0/s1. The molecule has 3 aromatic carbocycles. The van der Waals surface area contributed by atoms with Crippen molar-refractivity contribution in [3.8, 4) is 11.1 Å². The molecule has 1 aliphatic carbocycles. The summed E-state index contributed by atoms with van der Waals surface area (Å²) in [5.41, 5.74) is 5.01. The van der Waals surface area contributed by atoms with Crippen LogP contribution in [0.3, 0.4) is 0 Å². The fourth-order valence-corrected chi connectivity index (χ4v) is 5.58. The minimum absolute atomic E-state index is 0.0135. The van der Waals surface area contributed by atoms with Crippen molar-refractivity contribution in [1.29, 1.82) is 0 Å². The number of ether oxygens (including phenoxy) is 2. The summed E-state index contributed by atoms with van der Waals surface area (Å²) in [5, 5.41) is 14.5. The monoisotopic (exact) mass is 594 g/mol. The highest BCUT2D eigenvalue weighted by Gasteiger charge is 2.33. The molecule has 0 aromatic heterocycles. The predicted octanol–water partition coefficient (Wildman–Crippen LogP) is 3.50. The van der Waals surface area contributed by atoms with E-state index in [-0.39, 0.29) is 25.6 Å². The zero-order valence-corrected chi connectivity index (χ0v) is 24.2. The van der Waals surface area contributed by atoms with E-state index >= 15 is 0 Å². The van der Waals surface area contributed by atoms with E-state index in [0.717, 1.165) is 34.1 Å². The third-order valence-corrected chi connectivity index (χ3v) is 8.09. The number of sulfone groups is 1. The lowest BCUT2D eigenvalue weighted by Crippen LogP contribution is -2.56. The minimum Gasteiger partial charge on any atom is -0.480 e. The van der Waals surface area contributed by atoms with Gasteiger partial charge in [0.15, 0.2) is 0 Å². The molecule has 1 aliphatic rings. The number of benzene rings is 3. The van der Waals surface area contributed by atoms with Crippen LogP contribution in [0.2, 0.25) is 0 Å². The number of carbonyl (C=O) groups excluding carboxylic acids is 2. The van der Waals surface area contributed by atoms with Crippen LogP contribution in [-0.2, 0) is 35.5 Å². The normalized spacial score (nSPS) is 14.6. The molecule has 42 heavy (non-hydrogen) atoms. The van der Waals surface area contributed by atoms with Crippen molar-refractivity contribution in [3.05, 3.63) is 95.6 Å². The number of amides is 2. The van der Waals surface area contributed by atoms with E-state index in [0.29, 0.717) is 0 Å². The van der Waals surface area contributed by atoms with Gasteiger partial charge < -0.3 is 25.2 Å². The first kappa shape index (κ1) is 30.7. The van der Waals surface area contributed by atoms with Crippen LogP contribution in [0.4, 0.5) is 4.79 Å². The van der Waals surface area contributed by atoms with Crippen molar-refractivity contribution in [1.82, 2.24) is 10.6 Å². The zero-order valence-electron chi connectivity index (χ0n) is 23.4. The molecule has 3 atom stereocenters. The van der Waals surface area contributed by atoms with E-state index in [1.807, 2.05) is 78.9 Å². The molecule has 0 saturated carbocycles. The number of carboxylic acid groups (broad SMARTS) is 1. The molecule has 0 aliphatic heterocycles. The van der Waals surface area contributed by atoms with Crippen LogP contribution in [-0.4, -0.2) is 68.3 Å². The van der Waals surface area contributed by atoms with Crippen LogP contribution in [0.1, 0.15) is 36.0 Å². The van der Waals surface area contributed by atoms with E-state index in [2.05, 4.69) is 10.6 Å². The molecule has 10 nitrogen and oxygen atoms in total. The van der Waals surface area contributed by atoms with Gasteiger partial charge in [-0.05, 0) is 41.2 Å². The highest BCUT2D eigenvalue weighted by atomic mass is 32.2. The Hall–Kier alpha value is -4.22. The summed E-state index contributed by atoms with van der Waals surface area (Å²) in [7, 11) is -3.47. The third-order valence-electron chi connectivity index (χ3n) is 7.12. The molecule has 3 aromatic rings. The summed E-state index contributed by atoms with van der Waals surface area (Å²) < 4.78 is 34.6. The van der Waals surface area contributed by atoms with Gasteiger partial charge in [-0.25, -0.2) is 18.0 Å². The van der Waals surface area contributed by atoms with Crippen LogP contribution in [0.5, 0.6) is 0 Å². The van der Waals surface area contributed by atoms with Gasteiger partial charge in [0.25, 0.3) is 0 Å². The molecule has 0 radical (unpaired) electrons. The summed E-state index contributed by atoms with van der Waals surface area (Å²) >= 11 is 0. The van der Waals surface area contributed by atoms with E-state index in [4.69, 9.17) is 9.47 Å². The van der Waals surface area contributed by atoms with E-state index in [9.17, 15) is 27.9 Å². The SMILES string of the molecule is C[C@H](OCc1ccccc1)[C@@H](NC(=O)OCC1c2ccccc2-c2ccccc21)C(=O)NC(CCS(C)(=O)=O)C(=O)O. The smallest absolute Gasteiger partial charge is 0.407 e. The Morgan fingerprint density at radius 2 is 1.45 bits per heavy atom. The Morgan fingerprint density at radius 3 is 2.02 bits per heavy atom. The van der Waals surface area contributed by atoms with Gasteiger partial charge >= 0.3 is 12.1 Å². The molecule has 0 spiro atoms. The van der Waals surface area contributed by atoms with Crippen molar-refractivity contribution >= 4 is 27.8 Å². The number of hydrogen-bond donors (Lipinski definition) is 3. The van der Waals surface area contributed by atoms with E-state index < -0.39 is 51.7 Å². The minimum atomic E-state index is -3.47. The molecule has 0 heterocycles. The summed E-state index contributed by atoms with van der Waals surface area (Å²) in [6, 6.07) is 22.1. The largest absolute Gasteiger partial charge is 0.480 e. The first-order chi connectivity index (χ1) is 20.0. The molecule has 0 saturated heterocycles. The van der Waals surface area contributed by atoms with E-state index in [1.165, 1.54) is 0 Å². The summed E-state index contributed by atoms with van der Waals surface area (Å²) in [5.74, 6) is -2.88. The fourth-order valence-electron chi connectivity index (χ4n) is 4.91.